The van der Waals surface area contributed by atoms with Gasteiger partial charge < -0.3 is 15.0 Å². The molecule has 3 saturated heterocycles. The average molecular weight is 471 g/mol. The number of hydrogen-bond donors (Lipinski definition) is 1. The molecule has 0 unspecified atom stereocenters. The molecule has 1 aromatic rings. The first kappa shape index (κ1) is 22.6. The highest BCUT2D eigenvalue weighted by molar-refractivity contribution is 7.86. The number of amides is 2. The maximum absolute atomic E-state index is 12.9. The van der Waals surface area contributed by atoms with Crippen LogP contribution in [0.3, 0.4) is 0 Å². The average Bonchev–Trinajstić information content (AvgIpc) is 2.72. The molecular weight excluding hydrogens is 440 g/mol. The van der Waals surface area contributed by atoms with Gasteiger partial charge >= 0.3 is 6.03 Å². The quantitative estimate of drug-likeness (QED) is 0.732. The molecule has 1 aromatic carbocycles. The summed E-state index contributed by atoms with van der Waals surface area (Å²) in [5.74, 6) is 1.15. The number of nitrogens with zero attached hydrogens (tertiary/aromatic N) is 3. The lowest BCUT2D eigenvalue weighted by molar-refractivity contribution is 0.00793. The van der Waals surface area contributed by atoms with Crippen molar-refractivity contribution in [2.24, 2.45) is 11.3 Å². The van der Waals surface area contributed by atoms with Crippen LogP contribution in [0.15, 0.2) is 18.2 Å². The second-order valence-corrected chi connectivity index (χ2v) is 11.5. The van der Waals surface area contributed by atoms with Crippen LogP contribution in [0.5, 0.6) is 5.75 Å². The first-order valence-electron chi connectivity index (χ1n) is 10.9. The number of urea groups is 1. The normalized spacial score (nSPS) is 22.9. The van der Waals surface area contributed by atoms with Crippen LogP contribution in [0.4, 0.5) is 10.5 Å². The monoisotopic (exact) mass is 470 g/mol. The maximum Gasteiger partial charge on any atom is 0.321 e. The zero-order valence-corrected chi connectivity index (χ0v) is 19.7. The summed E-state index contributed by atoms with van der Waals surface area (Å²) in [6.45, 7) is 5.72. The van der Waals surface area contributed by atoms with Crippen molar-refractivity contribution in [3.8, 4) is 5.75 Å². The van der Waals surface area contributed by atoms with Gasteiger partial charge in [-0.15, -0.1) is 0 Å². The van der Waals surface area contributed by atoms with Gasteiger partial charge in [0.2, 0.25) is 0 Å². The van der Waals surface area contributed by atoms with E-state index < -0.39 is 10.2 Å². The van der Waals surface area contributed by atoms with Crippen molar-refractivity contribution in [1.29, 1.82) is 0 Å². The van der Waals surface area contributed by atoms with Crippen LogP contribution in [0.1, 0.15) is 32.6 Å². The van der Waals surface area contributed by atoms with Crippen LogP contribution < -0.4 is 10.1 Å². The van der Waals surface area contributed by atoms with Gasteiger partial charge in [0.25, 0.3) is 10.2 Å². The van der Waals surface area contributed by atoms with E-state index in [-0.39, 0.29) is 11.4 Å². The Morgan fingerprint density at radius 3 is 2.39 bits per heavy atom. The first-order chi connectivity index (χ1) is 14.7. The molecular formula is C21H31ClN4O4S. The number of carbonyl (C=O) groups is 1. The van der Waals surface area contributed by atoms with Gasteiger partial charge in [-0.3, -0.25) is 0 Å². The summed E-state index contributed by atoms with van der Waals surface area (Å²) in [5, 5.41) is 3.40. The fraction of sp³-hybridized carbons (Fsp3) is 0.667. The number of likely N-dealkylation sites (tertiary alicyclic amines) is 1. The molecule has 4 rings (SSSR count). The Morgan fingerprint density at radius 1 is 1.13 bits per heavy atom. The maximum atomic E-state index is 12.9. The summed E-state index contributed by atoms with van der Waals surface area (Å²) >= 11 is 6.04. The predicted molar refractivity (Wildman–Crippen MR) is 121 cm³/mol. The van der Waals surface area contributed by atoms with E-state index in [1.165, 1.54) is 0 Å². The number of methoxy groups -OCH3 is 1. The third kappa shape index (κ3) is 4.65. The fourth-order valence-corrected chi connectivity index (χ4v) is 6.76. The Balaban J connectivity index is 1.30. The smallest absolute Gasteiger partial charge is 0.321 e. The SMILES string of the molecule is COc1ccc(Cl)cc1NC(=O)N1CCC2(CC1)CN(S(=O)(=O)N1CCC(C)CC1)C2. The summed E-state index contributed by atoms with van der Waals surface area (Å²) in [6, 6.07) is 4.90. The Morgan fingerprint density at radius 2 is 1.77 bits per heavy atom. The molecule has 3 heterocycles. The molecule has 1 spiro atoms. The van der Waals surface area contributed by atoms with Crippen molar-refractivity contribution >= 4 is 33.5 Å². The van der Waals surface area contributed by atoms with Gasteiger partial charge in [-0.2, -0.15) is 17.0 Å². The molecule has 172 valence electrons. The molecule has 31 heavy (non-hydrogen) atoms. The third-order valence-corrected chi connectivity index (χ3v) is 9.10. The van der Waals surface area contributed by atoms with E-state index in [2.05, 4.69) is 12.2 Å². The summed E-state index contributed by atoms with van der Waals surface area (Å²) in [7, 11) is -1.81. The number of halogens is 1. The Labute approximate surface area is 189 Å². The molecule has 3 fully saturated rings. The van der Waals surface area contributed by atoms with Crippen molar-refractivity contribution in [2.75, 3.05) is 51.7 Å². The first-order valence-corrected chi connectivity index (χ1v) is 12.6. The molecule has 0 bridgehead atoms. The highest BCUT2D eigenvalue weighted by Crippen LogP contribution is 2.43. The number of piperidine rings is 2. The number of ether oxygens (including phenoxy) is 1. The third-order valence-electron chi connectivity index (χ3n) is 6.93. The van der Waals surface area contributed by atoms with E-state index >= 15 is 0 Å². The lowest BCUT2D eigenvalue weighted by Crippen LogP contribution is -2.64. The molecule has 3 aliphatic rings. The van der Waals surface area contributed by atoms with E-state index in [1.54, 1.807) is 38.8 Å². The van der Waals surface area contributed by atoms with E-state index in [1.807, 2.05) is 0 Å². The lowest BCUT2D eigenvalue weighted by Gasteiger charge is -2.54. The van der Waals surface area contributed by atoms with E-state index in [9.17, 15) is 13.2 Å². The molecule has 0 atom stereocenters. The number of anilines is 1. The van der Waals surface area contributed by atoms with Gasteiger partial charge in [-0.1, -0.05) is 18.5 Å². The summed E-state index contributed by atoms with van der Waals surface area (Å²) in [4.78, 5) is 14.5. The van der Waals surface area contributed by atoms with Gasteiger partial charge in [0.15, 0.2) is 0 Å². The van der Waals surface area contributed by atoms with E-state index in [0.29, 0.717) is 61.6 Å². The Bertz CT molecular complexity index is 917. The van der Waals surface area contributed by atoms with Gasteiger partial charge in [0.05, 0.1) is 12.8 Å². The molecule has 3 aliphatic heterocycles. The zero-order valence-electron chi connectivity index (χ0n) is 18.1. The minimum atomic E-state index is -3.36. The van der Waals surface area contributed by atoms with E-state index in [0.717, 1.165) is 25.7 Å². The van der Waals surface area contributed by atoms with Crippen molar-refractivity contribution in [3.63, 3.8) is 0 Å². The Kier molecular flexibility index (Phi) is 6.40. The topological polar surface area (TPSA) is 82.2 Å². The predicted octanol–water partition coefficient (Wildman–Crippen LogP) is 3.26. The molecule has 0 radical (unpaired) electrons. The molecule has 1 N–H and O–H groups in total. The lowest BCUT2D eigenvalue weighted by atomic mass is 9.73. The number of nitrogens with one attached hydrogen (secondary N) is 1. The molecule has 0 saturated carbocycles. The van der Waals surface area contributed by atoms with Crippen LogP contribution in [0.2, 0.25) is 5.02 Å². The fourth-order valence-electron chi connectivity index (χ4n) is 4.72. The number of carbonyl (C=O) groups excluding carboxylic acids is 1. The Hall–Kier alpha value is -1.55. The second-order valence-electron chi connectivity index (χ2n) is 9.12. The molecule has 2 amide bonds. The van der Waals surface area contributed by atoms with Crippen molar-refractivity contribution in [2.45, 2.75) is 32.6 Å². The van der Waals surface area contributed by atoms with Crippen LogP contribution in [-0.2, 0) is 10.2 Å². The molecule has 10 heteroatoms. The van der Waals surface area contributed by atoms with Crippen LogP contribution in [0, 0.1) is 11.3 Å². The highest BCUT2D eigenvalue weighted by Gasteiger charge is 2.51. The van der Waals surface area contributed by atoms with Gasteiger partial charge in [-0.05, 0) is 49.8 Å². The molecule has 0 aliphatic carbocycles. The number of benzene rings is 1. The second kappa shape index (κ2) is 8.77. The van der Waals surface area contributed by atoms with Crippen molar-refractivity contribution in [1.82, 2.24) is 13.5 Å². The zero-order chi connectivity index (χ0) is 22.2. The molecule has 0 aromatic heterocycles. The minimum Gasteiger partial charge on any atom is -0.495 e. The minimum absolute atomic E-state index is 0.0132. The summed E-state index contributed by atoms with van der Waals surface area (Å²) in [6.07, 6.45) is 3.46. The van der Waals surface area contributed by atoms with E-state index in [4.69, 9.17) is 16.3 Å². The number of hydrogen-bond acceptors (Lipinski definition) is 4. The van der Waals surface area contributed by atoms with Crippen LogP contribution >= 0.6 is 11.6 Å². The van der Waals surface area contributed by atoms with Crippen LogP contribution in [-0.4, -0.2) is 74.3 Å². The molecule has 8 nitrogen and oxygen atoms in total. The van der Waals surface area contributed by atoms with Gasteiger partial charge in [-0.25, -0.2) is 4.79 Å². The standard InChI is InChI=1S/C21H31ClN4O4S/c1-16-5-9-25(10-6-16)31(28,29)26-14-21(15-26)7-11-24(12-8-21)20(27)23-18-13-17(22)3-4-19(18)30-2/h3-4,13,16H,5-12,14-15H2,1-2H3,(H,23,27). The van der Waals surface area contributed by atoms with Crippen LogP contribution in [0.25, 0.3) is 0 Å². The summed E-state index contributed by atoms with van der Waals surface area (Å²) < 4.78 is 34.4. The number of rotatable bonds is 4. The highest BCUT2D eigenvalue weighted by atomic mass is 35.5. The van der Waals surface area contributed by atoms with Gasteiger partial charge in [0, 0.05) is 49.7 Å². The van der Waals surface area contributed by atoms with Crippen molar-refractivity contribution in [3.05, 3.63) is 23.2 Å². The van der Waals surface area contributed by atoms with Crippen molar-refractivity contribution < 1.29 is 17.9 Å². The largest absolute Gasteiger partial charge is 0.495 e. The van der Waals surface area contributed by atoms with Gasteiger partial charge in [0.1, 0.15) is 5.75 Å². The summed E-state index contributed by atoms with van der Waals surface area (Å²) in [5.41, 5.74) is 0.526.